The van der Waals surface area contributed by atoms with Gasteiger partial charge in [0.25, 0.3) is 0 Å². The Labute approximate surface area is 160 Å². The SMILES string of the molecule is Cc1ccc(NC(=O)C2(CNC(=O)N(C)CCC(=O)O)CCCC2)cc1C. The lowest BCUT2D eigenvalue weighted by atomic mass is 9.85. The highest BCUT2D eigenvalue weighted by Gasteiger charge is 2.41. The molecule has 0 aromatic heterocycles. The minimum atomic E-state index is -0.949. The van der Waals surface area contributed by atoms with Crippen LogP contribution in [0.1, 0.15) is 43.2 Å². The van der Waals surface area contributed by atoms with Gasteiger partial charge in [0.15, 0.2) is 0 Å². The van der Waals surface area contributed by atoms with Crippen molar-refractivity contribution in [1.82, 2.24) is 10.2 Å². The van der Waals surface area contributed by atoms with Crippen LogP contribution in [0.25, 0.3) is 0 Å². The number of rotatable bonds is 7. The molecule has 27 heavy (non-hydrogen) atoms. The lowest BCUT2D eigenvalue weighted by molar-refractivity contribution is -0.137. The number of anilines is 1. The summed E-state index contributed by atoms with van der Waals surface area (Å²) < 4.78 is 0. The Kier molecular flexibility index (Phi) is 6.82. The van der Waals surface area contributed by atoms with Gasteiger partial charge in [-0.3, -0.25) is 9.59 Å². The highest BCUT2D eigenvalue weighted by Crippen LogP contribution is 2.38. The van der Waals surface area contributed by atoms with Gasteiger partial charge in [-0.25, -0.2) is 4.79 Å². The summed E-state index contributed by atoms with van der Waals surface area (Å²) in [5.41, 5.74) is 2.42. The van der Waals surface area contributed by atoms with Crippen LogP contribution in [0.15, 0.2) is 18.2 Å². The third kappa shape index (κ3) is 5.45. The molecule has 1 saturated carbocycles. The van der Waals surface area contributed by atoms with Crippen molar-refractivity contribution < 1.29 is 19.5 Å². The molecule has 0 bridgehead atoms. The van der Waals surface area contributed by atoms with E-state index in [1.165, 1.54) is 10.5 Å². The number of benzene rings is 1. The van der Waals surface area contributed by atoms with E-state index in [9.17, 15) is 14.4 Å². The maximum atomic E-state index is 13.0. The van der Waals surface area contributed by atoms with Gasteiger partial charge in [-0.2, -0.15) is 0 Å². The summed E-state index contributed by atoms with van der Waals surface area (Å²) in [5, 5.41) is 14.5. The molecular formula is C20H29N3O4. The van der Waals surface area contributed by atoms with Crippen LogP contribution in [0.2, 0.25) is 0 Å². The molecular weight excluding hydrogens is 346 g/mol. The van der Waals surface area contributed by atoms with E-state index >= 15 is 0 Å². The van der Waals surface area contributed by atoms with Crippen LogP contribution in [0.4, 0.5) is 10.5 Å². The number of hydrogen-bond acceptors (Lipinski definition) is 3. The van der Waals surface area contributed by atoms with E-state index in [-0.39, 0.29) is 31.4 Å². The fourth-order valence-electron chi connectivity index (χ4n) is 3.36. The molecule has 0 aliphatic heterocycles. The average Bonchev–Trinajstić information content (AvgIpc) is 3.11. The van der Waals surface area contributed by atoms with Gasteiger partial charge in [-0.1, -0.05) is 18.9 Å². The molecule has 1 aliphatic carbocycles. The quantitative estimate of drug-likeness (QED) is 0.682. The molecule has 1 aliphatic rings. The van der Waals surface area contributed by atoms with Gasteiger partial charge >= 0.3 is 12.0 Å². The molecule has 0 heterocycles. The van der Waals surface area contributed by atoms with Gasteiger partial charge < -0.3 is 20.6 Å². The Hall–Kier alpha value is -2.57. The smallest absolute Gasteiger partial charge is 0.317 e. The molecule has 0 atom stereocenters. The van der Waals surface area contributed by atoms with Crippen LogP contribution in [-0.2, 0) is 9.59 Å². The number of nitrogens with zero attached hydrogens (tertiary/aromatic N) is 1. The van der Waals surface area contributed by atoms with Crippen molar-refractivity contribution in [1.29, 1.82) is 0 Å². The first-order valence-electron chi connectivity index (χ1n) is 9.33. The maximum absolute atomic E-state index is 13.0. The van der Waals surface area contributed by atoms with E-state index in [0.717, 1.165) is 36.9 Å². The van der Waals surface area contributed by atoms with Crippen molar-refractivity contribution in [3.8, 4) is 0 Å². The number of carbonyl (C=O) groups excluding carboxylic acids is 2. The van der Waals surface area contributed by atoms with Crippen molar-refractivity contribution in [2.24, 2.45) is 5.41 Å². The van der Waals surface area contributed by atoms with Crippen molar-refractivity contribution in [2.45, 2.75) is 46.0 Å². The van der Waals surface area contributed by atoms with Gasteiger partial charge in [0.2, 0.25) is 5.91 Å². The van der Waals surface area contributed by atoms with Crippen molar-refractivity contribution in [3.05, 3.63) is 29.3 Å². The molecule has 2 rings (SSSR count). The van der Waals surface area contributed by atoms with E-state index in [4.69, 9.17) is 5.11 Å². The summed E-state index contributed by atoms with van der Waals surface area (Å²) in [5.74, 6) is -1.02. The number of amides is 3. The predicted octanol–water partition coefficient (Wildman–Crippen LogP) is 2.92. The molecule has 3 N–H and O–H groups in total. The largest absolute Gasteiger partial charge is 0.481 e. The van der Waals surface area contributed by atoms with Gasteiger partial charge in [0, 0.05) is 25.8 Å². The van der Waals surface area contributed by atoms with E-state index in [1.807, 2.05) is 32.0 Å². The first-order chi connectivity index (χ1) is 12.7. The van der Waals surface area contributed by atoms with Gasteiger partial charge in [0.05, 0.1) is 11.8 Å². The molecule has 3 amide bonds. The number of nitrogens with one attached hydrogen (secondary N) is 2. The fourth-order valence-corrected chi connectivity index (χ4v) is 3.36. The zero-order chi connectivity index (χ0) is 20.0. The Morgan fingerprint density at radius 3 is 2.41 bits per heavy atom. The second kappa shape index (κ2) is 8.88. The molecule has 7 nitrogen and oxygen atoms in total. The van der Waals surface area contributed by atoms with Crippen LogP contribution in [0, 0.1) is 19.3 Å². The summed E-state index contributed by atoms with van der Waals surface area (Å²) in [4.78, 5) is 37.2. The number of carboxylic acid groups (broad SMARTS) is 1. The molecule has 0 saturated heterocycles. The zero-order valence-electron chi connectivity index (χ0n) is 16.3. The second-order valence-electron chi connectivity index (χ2n) is 7.46. The van der Waals surface area contributed by atoms with E-state index in [1.54, 1.807) is 7.05 Å². The van der Waals surface area contributed by atoms with Crippen LogP contribution in [0.5, 0.6) is 0 Å². The minimum Gasteiger partial charge on any atom is -0.481 e. The zero-order valence-corrected chi connectivity index (χ0v) is 16.3. The average molecular weight is 375 g/mol. The molecule has 148 valence electrons. The van der Waals surface area contributed by atoms with E-state index in [0.29, 0.717) is 0 Å². The van der Waals surface area contributed by atoms with Crippen molar-refractivity contribution in [2.75, 3.05) is 25.5 Å². The van der Waals surface area contributed by atoms with Crippen LogP contribution in [0.3, 0.4) is 0 Å². The minimum absolute atomic E-state index is 0.0725. The van der Waals surface area contributed by atoms with E-state index in [2.05, 4.69) is 10.6 Å². The molecule has 0 unspecified atom stereocenters. The number of urea groups is 1. The van der Waals surface area contributed by atoms with Gasteiger partial charge in [0.1, 0.15) is 0 Å². The standard InChI is InChI=1S/C20H29N3O4/c1-14-6-7-16(12-15(14)2)22-18(26)20(9-4-5-10-20)13-21-19(27)23(3)11-8-17(24)25/h6-7,12H,4-5,8-11,13H2,1-3H3,(H,21,27)(H,22,26)(H,24,25). The Balaban J connectivity index is 1.99. The number of hydrogen-bond donors (Lipinski definition) is 3. The van der Waals surface area contributed by atoms with E-state index < -0.39 is 11.4 Å². The van der Waals surface area contributed by atoms with Gasteiger partial charge in [-0.05, 0) is 49.9 Å². The number of aliphatic carboxylic acids is 1. The first kappa shape index (κ1) is 20.7. The Bertz CT molecular complexity index is 711. The number of carbonyl (C=O) groups is 3. The van der Waals surface area contributed by atoms with Crippen molar-refractivity contribution in [3.63, 3.8) is 0 Å². The summed E-state index contributed by atoms with van der Waals surface area (Å²) in [6.07, 6.45) is 3.24. The normalized spacial score (nSPS) is 15.2. The third-order valence-corrected chi connectivity index (χ3v) is 5.39. The molecule has 0 spiro atoms. The summed E-state index contributed by atoms with van der Waals surface area (Å²) in [7, 11) is 1.55. The lowest BCUT2D eigenvalue weighted by Crippen LogP contribution is -2.47. The second-order valence-corrected chi connectivity index (χ2v) is 7.46. The van der Waals surface area contributed by atoms with Crippen molar-refractivity contribution >= 4 is 23.6 Å². The topological polar surface area (TPSA) is 98.7 Å². The highest BCUT2D eigenvalue weighted by atomic mass is 16.4. The Morgan fingerprint density at radius 1 is 1.15 bits per heavy atom. The van der Waals surface area contributed by atoms with Crippen LogP contribution in [-0.4, -0.2) is 48.1 Å². The Morgan fingerprint density at radius 2 is 1.81 bits per heavy atom. The molecule has 1 aromatic carbocycles. The highest BCUT2D eigenvalue weighted by molar-refractivity contribution is 5.96. The molecule has 7 heteroatoms. The van der Waals surface area contributed by atoms with Crippen LogP contribution >= 0.6 is 0 Å². The predicted molar refractivity (Wildman–Crippen MR) is 104 cm³/mol. The molecule has 1 fully saturated rings. The summed E-state index contributed by atoms with van der Waals surface area (Å²) in [6.45, 7) is 4.40. The maximum Gasteiger partial charge on any atom is 0.317 e. The summed E-state index contributed by atoms with van der Waals surface area (Å²) in [6, 6.07) is 5.46. The first-order valence-corrected chi connectivity index (χ1v) is 9.33. The van der Waals surface area contributed by atoms with Gasteiger partial charge in [-0.15, -0.1) is 0 Å². The third-order valence-electron chi connectivity index (χ3n) is 5.39. The lowest BCUT2D eigenvalue weighted by Gasteiger charge is -2.29. The molecule has 0 radical (unpaired) electrons. The fraction of sp³-hybridized carbons (Fsp3) is 0.550. The number of aryl methyl sites for hydroxylation is 2. The summed E-state index contributed by atoms with van der Waals surface area (Å²) >= 11 is 0. The number of carboxylic acids is 1. The molecule has 1 aromatic rings. The van der Waals surface area contributed by atoms with Crippen LogP contribution < -0.4 is 10.6 Å². The monoisotopic (exact) mass is 375 g/mol.